The molecule has 5 nitrogen and oxygen atoms in total. The second kappa shape index (κ2) is 11.4. The SMILES string of the molecule is CCS(=O)(=O)c1ccc(CC(=O)Nc2ccc(C#CCc3ccc(OC(F)F)cc3)cc2)cc1. The fourth-order valence-electron chi connectivity index (χ4n) is 3.05. The molecule has 3 aromatic carbocycles. The minimum Gasteiger partial charge on any atom is -0.435 e. The Balaban J connectivity index is 1.51. The Morgan fingerprint density at radius 1 is 0.941 bits per heavy atom. The van der Waals surface area contributed by atoms with E-state index in [0.717, 1.165) is 11.1 Å². The molecule has 0 bridgehead atoms. The molecule has 0 aliphatic rings. The van der Waals surface area contributed by atoms with E-state index in [4.69, 9.17) is 0 Å². The molecule has 0 saturated heterocycles. The van der Waals surface area contributed by atoms with Crippen LogP contribution in [-0.2, 0) is 27.5 Å². The van der Waals surface area contributed by atoms with Crippen molar-refractivity contribution in [3.63, 3.8) is 0 Å². The van der Waals surface area contributed by atoms with Gasteiger partial charge in [-0.1, -0.05) is 43.0 Å². The maximum atomic E-state index is 12.3. The third-order valence-electron chi connectivity index (χ3n) is 4.87. The highest BCUT2D eigenvalue weighted by molar-refractivity contribution is 7.91. The Bertz CT molecular complexity index is 1280. The molecule has 8 heteroatoms. The van der Waals surface area contributed by atoms with Crippen molar-refractivity contribution in [1.29, 1.82) is 0 Å². The molecule has 0 radical (unpaired) electrons. The fraction of sp³-hybridized carbons (Fsp3) is 0.192. The number of nitrogens with one attached hydrogen (secondary N) is 1. The van der Waals surface area contributed by atoms with Crippen molar-refractivity contribution in [2.75, 3.05) is 11.1 Å². The second-order valence-electron chi connectivity index (χ2n) is 7.35. The topological polar surface area (TPSA) is 72.5 Å². The highest BCUT2D eigenvalue weighted by Gasteiger charge is 2.12. The summed E-state index contributed by atoms with van der Waals surface area (Å²) in [4.78, 5) is 12.6. The quantitative estimate of drug-likeness (QED) is 0.465. The molecule has 0 aliphatic carbocycles. The maximum Gasteiger partial charge on any atom is 0.387 e. The molecule has 0 saturated carbocycles. The molecular formula is C26H23F2NO4S. The zero-order valence-electron chi connectivity index (χ0n) is 18.4. The van der Waals surface area contributed by atoms with Gasteiger partial charge in [0.2, 0.25) is 5.91 Å². The van der Waals surface area contributed by atoms with E-state index in [0.29, 0.717) is 17.7 Å². The molecule has 34 heavy (non-hydrogen) atoms. The summed E-state index contributed by atoms with van der Waals surface area (Å²) in [7, 11) is -3.27. The van der Waals surface area contributed by atoms with Crippen molar-refractivity contribution in [3.8, 4) is 17.6 Å². The van der Waals surface area contributed by atoms with Crippen LogP contribution in [0.4, 0.5) is 14.5 Å². The van der Waals surface area contributed by atoms with Gasteiger partial charge in [0.05, 0.1) is 17.1 Å². The first-order valence-corrected chi connectivity index (χ1v) is 12.1. The average Bonchev–Trinajstić information content (AvgIpc) is 2.81. The van der Waals surface area contributed by atoms with Crippen LogP contribution >= 0.6 is 0 Å². The zero-order chi connectivity index (χ0) is 24.6. The minimum atomic E-state index is -3.27. The summed E-state index contributed by atoms with van der Waals surface area (Å²) in [5.74, 6) is 5.95. The summed E-state index contributed by atoms with van der Waals surface area (Å²) in [6.07, 6.45) is 0.570. The third-order valence-corrected chi connectivity index (χ3v) is 6.62. The first-order chi connectivity index (χ1) is 16.2. The Morgan fingerprint density at radius 3 is 2.15 bits per heavy atom. The van der Waals surface area contributed by atoms with Crippen LogP contribution in [-0.4, -0.2) is 26.7 Å². The summed E-state index contributed by atoms with van der Waals surface area (Å²) in [5, 5.41) is 2.80. The van der Waals surface area contributed by atoms with E-state index in [1.165, 1.54) is 24.3 Å². The molecule has 3 aromatic rings. The van der Waals surface area contributed by atoms with E-state index in [1.807, 2.05) is 0 Å². The zero-order valence-corrected chi connectivity index (χ0v) is 19.2. The predicted molar refractivity (Wildman–Crippen MR) is 127 cm³/mol. The minimum absolute atomic E-state index is 0.0271. The first-order valence-electron chi connectivity index (χ1n) is 10.5. The normalized spacial score (nSPS) is 10.9. The van der Waals surface area contributed by atoms with Crippen molar-refractivity contribution >= 4 is 21.4 Å². The number of ether oxygens (including phenoxy) is 1. The molecule has 0 fully saturated rings. The lowest BCUT2D eigenvalue weighted by Crippen LogP contribution is -2.14. The van der Waals surface area contributed by atoms with E-state index < -0.39 is 16.4 Å². The largest absolute Gasteiger partial charge is 0.435 e. The van der Waals surface area contributed by atoms with E-state index in [9.17, 15) is 22.0 Å². The van der Waals surface area contributed by atoms with Crippen LogP contribution in [0.25, 0.3) is 0 Å². The van der Waals surface area contributed by atoms with Gasteiger partial charge in [-0.2, -0.15) is 8.78 Å². The van der Waals surface area contributed by atoms with Gasteiger partial charge in [0.15, 0.2) is 9.84 Å². The van der Waals surface area contributed by atoms with Crippen LogP contribution in [0.15, 0.2) is 77.7 Å². The number of carbonyl (C=O) groups is 1. The predicted octanol–water partition coefficient (Wildman–Crippen LogP) is 4.86. The number of halogens is 2. The van der Waals surface area contributed by atoms with E-state index in [-0.39, 0.29) is 28.7 Å². The van der Waals surface area contributed by atoms with E-state index >= 15 is 0 Å². The molecule has 176 valence electrons. The molecule has 0 spiro atoms. The molecule has 0 atom stereocenters. The summed E-state index contributed by atoms with van der Waals surface area (Å²) in [5.41, 5.74) is 2.97. The van der Waals surface area contributed by atoms with Gasteiger partial charge in [-0.05, 0) is 59.7 Å². The fourth-order valence-corrected chi connectivity index (χ4v) is 3.93. The van der Waals surface area contributed by atoms with Crippen molar-refractivity contribution in [2.45, 2.75) is 31.3 Å². The van der Waals surface area contributed by atoms with Gasteiger partial charge in [0.25, 0.3) is 0 Å². The average molecular weight is 484 g/mol. The number of sulfone groups is 1. The number of benzene rings is 3. The summed E-state index contributed by atoms with van der Waals surface area (Å²) >= 11 is 0. The lowest BCUT2D eigenvalue weighted by Gasteiger charge is -2.07. The molecule has 1 N–H and O–H groups in total. The lowest BCUT2D eigenvalue weighted by molar-refractivity contribution is -0.115. The van der Waals surface area contributed by atoms with Crippen LogP contribution < -0.4 is 10.1 Å². The molecule has 3 rings (SSSR count). The number of hydrogen-bond donors (Lipinski definition) is 1. The standard InChI is InChI=1S/C26H23F2NO4S/c1-2-34(31,32)24-16-10-21(11-17-24)18-25(30)29-22-12-6-19(7-13-22)4-3-5-20-8-14-23(15-9-20)33-26(27)28/h6-17,26H,2,5,18H2,1H3,(H,29,30). The number of alkyl halides is 2. The second-order valence-corrected chi connectivity index (χ2v) is 9.63. The third kappa shape index (κ3) is 7.42. The first kappa shape index (κ1) is 24.9. The van der Waals surface area contributed by atoms with Crippen LogP contribution in [0.2, 0.25) is 0 Å². The Hall–Kier alpha value is -3.70. The van der Waals surface area contributed by atoms with Crippen molar-refractivity contribution in [1.82, 2.24) is 0 Å². The maximum absolute atomic E-state index is 12.3. The van der Waals surface area contributed by atoms with Gasteiger partial charge < -0.3 is 10.1 Å². The number of anilines is 1. The Morgan fingerprint density at radius 2 is 1.56 bits per heavy atom. The Kier molecular flexibility index (Phi) is 8.39. The van der Waals surface area contributed by atoms with Gasteiger partial charge in [0.1, 0.15) is 5.75 Å². The summed E-state index contributed by atoms with van der Waals surface area (Å²) in [6.45, 7) is -1.26. The number of hydrogen-bond acceptors (Lipinski definition) is 4. The lowest BCUT2D eigenvalue weighted by atomic mass is 10.1. The molecule has 1 amide bonds. The van der Waals surface area contributed by atoms with Crippen molar-refractivity contribution in [3.05, 3.63) is 89.5 Å². The van der Waals surface area contributed by atoms with Crippen LogP contribution in [0.3, 0.4) is 0 Å². The number of rotatable bonds is 8. The van der Waals surface area contributed by atoms with Crippen molar-refractivity contribution in [2.24, 2.45) is 0 Å². The van der Waals surface area contributed by atoms with Gasteiger partial charge in [0, 0.05) is 17.7 Å². The summed E-state index contributed by atoms with van der Waals surface area (Å²) < 4.78 is 52.4. The molecule has 0 unspecified atom stereocenters. The molecular weight excluding hydrogens is 460 g/mol. The monoisotopic (exact) mass is 483 g/mol. The Labute approximate surface area is 197 Å². The van der Waals surface area contributed by atoms with Gasteiger partial charge in [-0.3, -0.25) is 4.79 Å². The smallest absolute Gasteiger partial charge is 0.387 e. The molecule has 0 aromatic heterocycles. The summed E-state index contributed by atoms with van der Waals surface area (Å²) in [6, 6.07) is 19.7. The number of amides is 1. The van der Waals surface area contributed by atoms with Crippen LogP contribution in [0, 0.1) is 11.8 Å². The van der Waals surface area contributed by atoms with Gasteiger partial charge in [-0.25, -0.2) is 8.42 Å². The van der Waals surface area contributed by atoms with Crippen LogP contribution in [0.1, 0.15) is 23.6 Å². The molecule has 0 aliphatic heterocycles. The number of carbonyl (C=O) groups excluding carboxylic acids is 1. The van der Waals surface area contributed by atoms with Crippen LogP contribution in [0.5, 0.6) is 5.75 Å². The highest BCUT2D eigenvalue weighted by Crippen LogP contribution is 2.16. The van der Waals surface area contributed by atoms with E-state index in [1.54, 1.807) is 55.5 Å². The van der Waals surface area contributed by atoms with Gasteiger partial charge in [-0.15, -0.1) is 0 Å². The van der Waals surface area contributed by atoms with E-state index in [2.05, 4.69) is 21.9 Å². The molecule has 0 heterocycles. The highest BCUT2D eigenvalue weighted by atomic mass is 32.2. The van der Waals surface area contributed by atoms with Gasteiger partial charge >= 0.3 is 6.61 Å². The van der Waals surface area contributed by atoms with Crippen molar-refractivity contribution < 1.29 is 26.7 Å².